The lowest BCUT2D eigenvalue weighted by Crippen LogP contribution is -2.51. The van der Waals surface area contributed by atoms with Crippen LogP contribution in [0.5, 0.6) is 0 Å². The predicted molar refractivity (Wildman–Crippen MR) is 115 cm³/mol. The third-order valence-electron chi connectivity index (χ3n) is 4.99. The van der Waals surface area contributed by atoms with Crippen molar-refractivity contribution in [3.63, 3.8) is 0 Å². The van der Waals surface area contributed by atoms with Crippen LogP contribution in [0.2, 0.25) is 0 Å². The first-order valence-electron chi connectivity index (χ1n) is 8.90. The Bertz CT molecular complexity index is 965. The van der Waals surface area contributed by atoms with Crippen LogP contribution in [0.1, 0.15) is 11.6 Å². The van der Waals surface area contributed by atoms with Crippen molar-refractivity contribution in [3.05, 3.63) is 30.5 Å². The molecule has 1 atom stereocenters. The average molecular weight is 442 g/mol. The highest BCUT2D eigenvalue weighted by molar-refractivity contribution is 5.87. The number of nitrogens with one attached hydrogen (secondary N) is 1. The van der Waals surface area contributed by atoms with E-state index in [1.54, 1.807) is 35.1 Å². The molecular formula is C17H25Cl2N9O. The third-order valence-corrected chi connectivity index (χ3v) is 4.99. The van der Waals surface area contributed by atoms with E-state index in [0.29, 0.717) is 13.1 Å². The number of nitrogens with zero attached hydrogens (tertiary/aromatic N) is 8. The van der Waals surface area contributed by atoms with Gasteiger partial charge in [-0.05, 0) is 7.05 Å². The minimum Gasteiger partial charge on any atom is -0.352 e. The minimum absolute atomic E-state index is 0. The van der Waals surface area contributed by atoms with Gasteiger partial charge in [-0.15, -0.1) is 24.8 Å². The fourth-order valence-corrected chi connectivity index (χ4v) is 3.54. The van der Waals surface area contributed by atoms with Gasteiger partial charge in [-0.1, -0.05) is 0 Å². The Labute approximate surface area is 181 Å². The molecule has 1 amide bonds. The number of hydrogen-bond acceptors (Lipinski definition) is 7. The molecular weight excluding hydrogens is 417 g/mol. The molecule has 0 aliphatic carbocycles. The summed E-state index contributed by atoms with van der Waals surface area (Å²) in [5.74, 6) is 0.942. The van der Waals surface area contributed by atoms with E-state index in [-0.39, 0.29) is 36.8 Å². The number of fused-ring (bicyclic) bond motifs is 1. The van der Waals surface area contributed by atoms with E-state index in [4.69, 9.17) is 0 Å². The number of halogens is 2. The van der Waals surface area contributed by atoms with Crippen molar-refractivity contribution < 1.29 is 4.79 Å². The Morgan fingerprint density at radius 1 is 1.07 bits per heavy atom. The molecule has 1 unspecified atom stereocenters. The molecule has 1 aliphatic rings. The van der Waals surface area contributed by atoms with Crippen molar-refractivity contribution in [2.45, 2.75) is 6.04 Å². The molecule has 1 fully saturated rings. The van der Waals surface area contributed by atoms with E-state index < -0.39 is 0 Å². The van der Waals surface area contributed by atoms with E-state index in [1.807, 2.05) is 25.2 Å². The molecule has 29 heavy (non-hydrogen) atoms. The lowest BCUT2D eigenvalue weighted by molar-refractivity contribution is -0.133. The summed E-state index contributed by atoms with van der Waals surface area (Å²) in [6.07, 6.45) is 6.96. The number of amides is 1. The fraction of sp³-hybridized carbons (Fsp3) is 0.471. The normalized spacial score (nSPS) is 15.0. The maximum absolute atomic E-state index is 13.0. The Balaban J connectivity index is 0.00000150. The number of carbonyl (C=O) groups excluding carboxylic acids is 1. The maximum Gasteiger partial charge on any atom is 0.244 e. The van der Waals surface area contributed by atoms with Gasteiger partial charge in [0.2, 0.25) is 5.91 Å². The summed E-state index contributed by atoms with van der Waals surface area (Å²) >= 11 is 0. The third kappa shape index (κ3) is 4.29. The monoisotopic (exact) mass is 441 g/mol. The van der Waals surface area contributed by atoms with Gasteiger partial charge in [-0.25, -0.2) is 9.97 Å². The number of carbonyl (C=O) groups is 1. The number of aromatic nitrogens is 6. The van der Waals surface area contributed by atoms with Gasteiger partial charge in [-0.3, -0.25) is 14.2 Å². The number of hydrogen-bond donors (Lipinski definition) is 1. The van der Waals surface area contributed by atoms with Gasteiger partial charge in [0, 0.05) is 52.0 Å². The molecule has 10 nitrogen and oxygen atoms in total. The molecule has 1 saturated heterocycles. The van der Waals surface area contributed by atoms with Gasteiger partial charge in [0.15, 0.2) is 5.65 Å². The topological polar surface area (TPSA) is 97.0 Å². The second kappa shape index (κ2) is 9.38. The summed E-state index contributed by atoms with van der Waals surface area (Å²) in [6.45, 7) is 2.72. The highest BCUT2D eigenvalue weighted by atomic mass is 35.5. The molecule has 0 bridgehead atoms. The number of piperazine rings is 1. The zero-order valence-corrected chi connectivity index (χ0v) is 18.2. The van der Waals surface area contributed by atoms with E-state index in [1.165, 1.54) is 0 Å². The first-order chi connectivity index (χ1) is 13.1. The van der Waals surface area contributed by atoms with Crippen LogP contribution in [-0.4, -0.2) is 73.6 Å². The highest BCUT2D eigenvalue weighted by Crippen LogP contribution is 2.24. The second-order valence-corrected chi connectivity index (χ2v) is 6.68. The first-order valence-corrected chi connectivity index (χ1v) is 8.90. The molecule has 0 aromatic carbocycles. The molecule has 0 radical (unpaired) electrons. The zero-order chi connectivity index (χ0) is 19.0. The SMILES string of the molecule is CNC(C(=O)N1CCN(c2ncnc3c2cnn3C)CC1)c1cnn(C)c1.Cl.Cl. The zero-order valence-electron chi connectivity index (χ0n) is 16.5. The van der Waals surface area contributed by atoms with E-state index in [0.717, 1.165) is 35.5 Å². The number of rotatable bonds is 4. The van der Waals surface area contributed by atoms with Gasteiger partial charge in [0.25, 0.3) is 0 Å². The van der Waals surface area contributed by atoms with E-state index in [2.05, 4.69) is 30.4 Å². The lowest BCUT2D eigenvalue weighted by atomic mass is 10.1. The largest absolute Gasteiger partial charge is 0.352 e. The summed E-state index contributed by atoms with van der Waals surface area (Å²) in [5, 5.41) is 12.5. The molecule has 0 spiro atoms. The van der Waals surface area contributed by atoms with Crippen LogP contribution in [-0.2, 0) is 18.9 Å². The Hall–Kier alpha value is -2.43. The molecule has 12 heteroatoms. The van der Waals surface area contributed by atoms with Crippen LogP contribution >= 0.6 is 24.8 Å². The van der Waals surface area contributed by atoms with Gasteiger partial charge in [0.1, 0.15) is 18.2 Å². The van der Waals surface area contributed by atoms with Crippen LogP contribution in [0, 0.1) is 0 Å². The first kappa shape index (κ1) is 22.9. The summed E-state index contributed by atoms with van der Waals surface area (Å²) < 4.78 is 3.45. The predicted octanol–water partition coefficient (Wildman–Crippen LogP) is 0.550. The van der Waals surface area contributed by atoms with Crippen molar-refractivity contribution in [1.82, 2.24) is 39.7 Å². The van der Waals surface area contributed by atoms with Crippen molar-refractivity contribution in [2.24, 2.45) is 14.1 Å². The quantitative estimate of drug-likeness (QED) is 0.630. The van der Waals surface area contributed by atoms with Gasteiger partial charge < -0.3 is 15.1 Å². The summed E-state index contributed by atoms with van der Waals surface area (Å²) in [4.78, 5) is 25.8. The summed E-state index contributed by atoms with van der Waals surface area (Å²) in [5.41, 5.74) is 1.69. The van der Waals surface area contributed by atoms with Crippen LogP contribution in [0.3, 0.4) is 0 Å². The van der Waals surface area contributed by atoms with E-state index >= 15 is 0 Å². The molecule has 158 valence electrons. The Morgan fingerprint density at radius 3 is 2.41 bits per heavy atom. The summed E-state index contributed by atoms with van der Waals surface area (Å²) in [6, 6.07) is -0.380. The number of anilines is 1. The standard InChI is InChI=1S/C17H23N9O.2ClH/c1-18-14(12-8-21-23(2)10-12)17(27)26-6-4-25(5-7-26)16-13-9-22-24(3)15(13)19-11-20-16;;/h8-11,14,18H,4-7H2,1-3H3;2*1H. The molecule has 4 heterocycles. The number of aryl methyl sites for hydroxylation is 2. The molecule has 1 N–H and O–H groups in total. The van der Waals surface area contributed by atoms with Crippen molar-refractivity contribution in [2.75, 3.05) is 38.1 Å². The Kier molecular flexibility index (Phi) is 7.39. The second-order valence-electron chi connectivity index (χ2n) is 6.68. The molecule has 3 aromatic rings. The van der Waals surface area contributed by atoms with Crippen LogP contribution in [0.25, 0.3) is 11.0 Å². The summed E-state index contributed by atoms with van der Waals surface area (Å²) in [7, 11) is 5.51. The number of likely N-dealkylation sites (N-methyl/N-ethyl adjacent to an activating group) is 1. The minimum atomic E-state index is -0.380. The fourth-order valence-electron chi connectivity index (χ4n) is 3.54. The molecule has 4 rings (SSSR count). The average Bonchev–Trinajstić information content (AvgIpc) is 3.28. The van der Waals surface area contributed by atoms with E-state index in [9.17, 15) is 4.79 Å². The van der Waals surface area contributed by atoms with Crippen LogP contribution < -0.4 is 10.2 Å². The van der Waals surface area contributed by atoms with Gasteiger partial charge in [0.05, 0.1) is 17.8 Å². The van der Waals surface area contributed by atoms with Crippen molar-refractivity contribution >= 4 is 47.6 Å². The van der Waals surface area contributed by atoms with Crippen LogP contribution in [0.4, 0.5) is 5.82 Å². The van der Waals surface area contributed by atoms with Gasteiger partial charge >= 0.3 is 0 Å². The van der Waals surface area contributed by atoms with Gasteiger partial charge in [-0.2, -0.15) is 10.2 Å². The molecule has 0 saturated carbocycles. The molecule has 1 aliphatic heterocycles. The van der Waals surface area contributed by atoms with Crippen molar-refractivity contribution in [3.8, 4) is 0 Å². The smallest absolute Gasteiger partial charge is 0.244 e. The maximum atomic E-state index is 13.0. The van der Waals surface area contributed by atoms with Crippen molar-refractivity contribution in [1.29, 1.82) is 0 Å². The highest BCUT2D eigenvalue weighted by Gasteiger charge is 2.29. The van der Waals surface area contributed by atoms with Crippen LogP contribution in [0.15, 0.2) is 24.9 Å². The molecule has 3 aromatic heterocycles. The Morgan fingerprint density at radius 2 is 1.79 bits per heavy atom. The lowest BCUT2D eigenvalue weighted by Gasteiger charge is -2.37.